The number of halogens is 1. The average Bonchev–Trinajstić information content (AvgIpc) is 2.92. The van der Waals surface area contributed by atoms with E-state index in [1.54, 1.807) is 0 Å². The second-order valence-electron chi connectivity index (χ2n) is 3.54. The maximum absolute atomic E-state index is 11.8. The Kier molecular flexibility index (Phi) is 4.94. The molecule has 20 heavy (non-hydrogen) atoms. The number of carboxylic acids is 1. The number of nitrogens with zero attached hydrogens (tertiary/aromatic N) is 2. The zero-order valence-corrected chi connectivity index (χ0v) is 12.3. The van der Waals surface area contributed by atoms with E-state index in [1.165, 1.54) is 47.8 Å². The number of aromatic nitrogens is 2. The lowest BCUT2D eigenvalue weighted by molar-refractivity contribution is -0.113. The molecule has 0 aliphatic rings. The van der Waals surface area contributed by atoms with E-state index in [1.807, 2.05) is 0 Å². The van der Waals surface area contributed by atoms with Crippen LogP contribution in [0.3, 0.4) is 0 Å². The topological polar surface area (TPSA) is 92.2 Å². The Morgan fingerprint density at radius 2 is 2.25 bits per heavy atom. The van der Waals surface area contributed by atoms with Crippen LogP contribution in [0.1, 0.15) is 10.4 Å². The highest BCUT2D eigenvalue weighted by Gasteiger charge is 2.11. The highest BCUT2D eigenvalue weighted by atomic mass is 35.5. The molecule has 0 bridgehead atoms. The summed E-state index contributed by atoms with van der Waals surface area (Å²) in [5.41, 5.74) is 0.330. The Bertz CT molecular complexity index is 634. The van der Waals surface area contributed by atoms with E-state index in [-0.39, 0.29) is 27.9 Å². The monoisotopic (exact) mass is 329 g/mol. The zero-order chi connectivity index (χ0) is 14.5. The molecule has 0 aliphatic heterocycles. The molecule has 0 unspecified atom stereocenters. The number of carbonyl (C=O) groups is 2. The van der Waals surface area contributed by atoms with Crippen LogP contribution >= 0.6 is 34.9 Å². The largest absolute Gasteiger partial charge is 0.478 e. The quantitative estimate of drug-likeness (QED) is 0.819. The van der Waals surface area contributed by atoms with E-state index >= 15 is 0 Å². The van der Waals surface area contributed by atoms with Crippen molar-refractivity contribution < 1.29 is 14.7 Å². The van der Waals surface area contributed by atoms with Gasteiger partial charge in [0.25, 0.3) is 0 Å². The molecule has 0 radical (unpaired) electrons. The van der Waals surface area contributed by atoms with Gasteiger partial charge in [0.15, 0.2) is 4.34 Å². The van der Waals surface area contributed by atoms with Crippen LogP contribution in [-0.4, -0.2) is 32.1 Å². The van der Waals surface area contributed by atoms with E-state index in [2.05, 4.69) is 14.7 Å². The molecule has 2 aromatic rings. The molecule has 0 saturated carbocycles. The smallest absolute Gasteiger partial charge is 0.335 e. The molecule has 2 rings (SSSR count). The minimum absolute atomic E-state index is 0.0569. The van der Waals surface area contributed by atoms with Crippen molar-refractivity contribution in [3.63, 3.8) is 0 Å². The first-order valence-electron chi connectivity index (χ1n) is 5.28. The summed E-state index contributed by atoms with van der Waals surface area (Å²) in [6.45, 7) is 0. The van der Waals surface area contributed by atoms with E-state index in [0.29, 0.717) is 4.34 Å². The number of carbonyl (C=O) groups excluding carboxylic acids is 1. The van der Waals surface area contributed by atoms with Crippen LogP contribution in [0.5, 0.6) is 0 Å². The summed E-state index contributed by atoms with van der Waals surface area (Å²) in [6, 6.07) is 4.12. The van der Waals surface area contributed by atoms with Gasteiger partial charge in [-0.1, -0.05) is 23.4 Å². The Labute approximate surface area is 127 Å². The Balaban J connectivity index is 2.00. The third-order valence-corrected chi connectivity index (χ3v) is 4.28. The van der Waals surface area contributed by atoms with Gasteiger partial charge in [-0.2, -0.15) is 4.37 Å². The van der Waals surface area contributed by atoms with Gasteiger partial charge in [-0.3, -0.25) is 4.79 Å². The third-order valence-electron chi connectivity index (χ3n) is 2.16. The van der Waals surface area contributed by atoms with Crippen LogP contribution < -0.4 is 5.32 Å². The van der Waals surface area contributed by atoms with Crippen molar-refractivity contribution in [2.45, 2.75) is 4.34 Å². The number of aromatic carboxylic acids is 1. The molecule has 0 fully saturated rings. The lowest BCUT2D eigenvalue weighted by Crippen LogP contribution is -2.14. The zero-order valence-electron chi connectivity index (χ0n) is 9.87. The predicted molar refractivity (Wildman–Crippen MR) is 77.7 cm³/mol. The van der Waals surface area contributed by atoms with Gasteiger partial charge in [-0.15, -0.1) is 0 Å². The van der Waals surface area contributed by atoms with Gasteiger partial charge < -0.3 is 10.4 Å². The minimum atomic E-state index is -1.08. The lowest BCUT2D eigenvalue weighted by Gasteiger charge is -2.07. The van der Waals surface area contributed by atoms with Gasteiger partial charge in [0.1, 0.15) is 6.33 Å². The van der Waals surface area contributed by atoms with Crippen molar-refractivity contribution in [1.82, 2.24) is 9.36 Å². The van der Waals surface area contributed by atoms with Crippen molar-refractivity contribution in [2.75, 3.05) is 11.1 Å². The van der Waals surface area contributed by atoms with Gasteiger partial charge in [0.05, 0.1) is 22.0 Å². The van der Waals surface area contributed by atoms with Crippen LogP contribution in [0.15, 0.2) is 28.9 Å². The van der Waals surface area contributed by atoms with Crippen molar-refractivity contribution in [3.8, 4) is 0 Å². The molecule has 1 aromatic carbocycles. The maximum Gasteiger partial charge on any atom is 0.335 e. The normalized spacial score (nSPS) is 10.2. The Morgan fingerprint density at radius 1 is 1.45 bits per heavy atom. The molecule has 0 spiro atoms. The van der Waals surface area contributed by atoms with Crippen molar-refractivity contribution >= 4 is 52.5 Å². The summed E-state index contributed by atoms with van der Waals surface area (Å²) in [5.74, 6) is -1.24. The summed E-state index contributed by atoms with van der Waals surface area (Å²) in [4.78, 5) is 26.6. The van der Waals surface area contributed by atoms with Crippen molar-refractivity contribution in [2.24, 2.45) is 0 Å². The highest BCUT2D eigenvalue weighted by Crippen LogP contribution is 2.24. The number of hydrogen-bond acceptors (Lipinski definition) is 6. The SMILES string of the molecule is O=C(CSc1ncns1)Nc1cc(C(=O)O)ccc1Cl. The number of anilines is 1. The molecule has 1 amide bonds. The standard InChI is InChI=1S/C11H8ClN3O3S2/c12-7-2-1-6(10(17)18)3-8(7)15-9(16)4-19-11-13-5-14-20-11/h1-3,5H,4H2,(H,15,16)(H,17,18). The predicted octanol–water partition coefficient (Wildman–Crippen LogP) is 2.62. The minimum Gasteiger partial charge on any atom is -0.478 e. The molecule has 104 valence electrons. The van der Waals surface area contributed by atoms with Gasteiger partial charge in [-0.05, 0) is 29.7 Å². The molecular weight excluding hydrogens is 322 g/mol. The Morgan fingerprint density at radius 3 is 2.90 bits per heavy atom. The fourth-order valence-electron chi connectivity index (χ4n) is 1.29. The summed E-state index contributed by atoms with van der Waals surface area (Å²) >= 11 is 8.35. The number of thioether (sulfide) groups is 1. The number of benzene rings is 1. The fraction of sp³-hybridized carbons (Fsp3) is 0.0909. The summed E-state index contributed by atoms with van der Waals surface area (Å²) in [6.07, 6.45) is 1.41. The summed E-state index contributed by atoms with van der Waals surface area (Å²) in [5, 5.41) is 11.7. The van der Waals surface area contributed by atoms with Crippen LogP contribution in [0, 0.1) is 0 Å². The van der Waals surface area contributed by atoms with Crippen LogP contribution in [-0.2, 0) is 4.79 Å². The summed E-state index contributed by atoms with van der Waals surface area (Å²) in [7, 11) is 0. The molecular formula is C11H8ClN3O3S2. The van der Waals surface area contributed by atoms with E-state index in [9.17, 15) is 9.59 Å². The first-order chi connectivity index (χ1) is 9.56. The molecule has 0 aliphatic carbocycles. The molecule has 2 N–H and O–H groups in total. The molecule has 6 nitrogen and oxygen atoms in total. The van der Waals surface area contributed by atoms with E-state index in [0.717, 1.165) is 0 Å². The molecule has 0 atom stereocenters. The lowest BCUT2D eigenvalue weighted by atomic mass is 10.2. The van der Waals surface area contributed by atoms with Gasteiger partial charge in [-0.25, -0.2) is 9.78 Å². The van der Waals surface area contributed by atoms with Gasteiger partial charge in [0, 0.05) is 0 Å². The average molecular weight is 330 g/mol. The second-order valence-corrected chi connectivity index (χ2v) is 5.95. The Hall–Kier alpha value is -1.64. The molecule has 9 heteroatoms. The number of hydrogen-bond donors (Lipinski definition) is 2. The summed E-state index contributed by atoms with van der Waals surface area (Å²) < 4.78 is 4.51. The van der Waals surface area contributed by atoms with E-state index < -0.39 is 5.97 Å². The van der Waals surface area contributed by atoms with Crippen LogP contribution in [0.4, 0.5) is 5.69 Å². The molecule has 1 aromatic heterocycles. The number of amides is 1. The second kappa shape index (κ2) is 6.69. The maximum atomic E-state index is 11.8. The molecule has 1 heterocycles. The first kappa shape index (κ1) is 14.8. The van der Waals surface area contributed by atoms with Crippen LogP contribution in [0.2, 0.25) is 5.02 Å². The molecule has 0 saturated heterocycles. The first-order valence-corrected chi connectivity index (χ1v) is 7.42. The van der Waals surface area contributed by atoms with E-state index in [4.69, 9.17) is 16.7 Å². The van der Waals surface area contributed by atoms with Gasteiger partial charge in [0.2, 0.25) is 5.91 Å². The van der Waals surface area contributed by atoms with Crippen molar-refractivity contribution in [3.05, 3.63) is 35.1 Å². The van der Waals surface area contributed by atoms with Crippen LogP contribution in [0.25, 0.3) is 0 Å². The third kappa shape index (κ3) is 3.92. The van der Waals surface area contributed by atoms with Gasteiger partial charge >= 0.3 is 5.97 Å². The fourth-order valence-corrected chi connectivity index (χ4v) is 2.70. The number of nitrogens with one attached hydrogen (secondary N) is 1. The van der Waals surface area contributed by atoms with Crippen molar-refractivity contribution in [1.29, 1.82) is 0 Å². The number of rotatable bonds is 5. The number of carboxylic acid groups (broad SMARTS) is 1. The highest BCUT2D eigenvalue weighted by molar-refractivity contribution is 8.01.